The Kier molecular flexibility index (Phi) is 3.20. The molecule has 1 aromatic carbocycles. The number of amides is 1. The van der Waals surface area contributed by atoms with Gasteiger partial charge in [-0.25, -0.2) is 4.98 Å². The van der Waals surface area contributed by atoms with Crippen LogP contribution in [0.1, 0.15) is 16.1 Å². The summed E-state index contributed by atoms with van der Waals surface area (Å²) in [6.45, 7) is 0.449. The lowest BCUT2D eigenvalue weighted by molar-refractivity contribution is 0.0947. The molecule has 0 unspecified atom stereocenters. The van der Waals surface area contributed by atoms with Crippen LogP contribution in [0.5, 0.6) is 0 Å². The van der Waals surface area contributed by atoms with Crippen LogP contribution in [0, 0.1) is 0 Å². The van der Waals surface area contributed by atoms with Crippen molar-refractivity contribution in [3.63, 3.8) is 0 Å². The predicted octanol–water partition coefficient (Wildman–Crippen LogP) is 2.62. The second-order valence-electron chi connectivity index (χ2n) is 4.05. The average Bonchev–Trinajstić information content (AvgIpc) is 2.99. The van der Waals surface area contributed by atoms with Crippen LogP contribution in [0.25, 0.3) is 10.9 Å². The van der Waals surface area contributed by atoms with Gasteiger partial charge in [0.2, 0.25) is 0 Å². The summed E-state index contributed by atoms with van der Waals surface area (Å²) in [6, 6.07) is 9.85. The zero-order valence-corrected chi connectivity index (χ0v) is 10.9. The van der Waals surface area contributed by atoms with Gasteiger partial charge in [-0.1, -0.05) is 24.3 Å². The van der Waals surface area contributed by atoms with Crippen molar-refractivity contribution in [3.05, 3.63) is 58.7 Å². The molecule has 0 fully saturated rings. The lowest BCUT2D eigenvalue weighted by atomic mass is 10.1. The van der Waals surface area contributed by atoms with Crippen LogP contribution >= 0.6 is 11.3 Å². The van der Waals surface area contributed by atoms with E-state index in [0.717, 1.165) is 16.5 Å². The Balaban J connectivity index is 1.81. The summed E-state index contributed by atoms with van der Waals surface area (Å²) in [6.07, 6.45) is 1.76. The molecule has 2 heterocycles. The molecule has 0 spiro atoms. The van der Waals surface area contributed by atoms with Crippen LogP contribution in [-0.2, 0) is 6.54 Å². The monoisotopic (exact) mass is 269 g/mol. The highest BCUT2D eigenvalue weighted by Crippen LogP contribution is 2.15. The normalized spacial score (nSPS) is 10.5. The van der Waals surface area contributed by atoms with E-state index >= 15 is 0 Å². The standard InChI is InChI=1S/C14H11N3OS/c18-14(12-8-19-9-17-12)16-7-11-4-1-3-10-5-2-6-15-13(10)11/h1-6,8-9H,7H2,(H,16,18). The Hall–Kier alpha value is -2.27. The van der Waals surface area contributed by atoms with Crippen LogP contribution in [0.3, 0.4) is 0 Å². The molecular formula is C14H11N3OS. The van der Waals surface area contributed by atoms with Crippen molar-refractivity contribution in [1.82, 2.24) is 15.3 Å². The molecule has 0 aliphatic rings. The van der Waals surface area contributed by atoms with E-state index in [0.29, 0.717) is 12.2 Å². The predicted molar refractivity (Wildman–Crippen MR) is 75.0 cm³/mol. The molecule has 0 bridgehead atoms. The minimum absolute atomic E-state index is 0.158. The quantitative estimate of drug-likeness (QED) is 0.795. The zero-order valence-electron chi connectivity index (χ0n) is 10.0. The summed E-state index contributed by atoms with van der Waals surface area (Å²) < 4.78 is 0. The molecule has 1 amide bonds. The van der Waals surface area contributed by atoms with Crippen molar-refractivity contribution in [2.45, 2.75) is 6.54 Å². The van der Waals surface area contributed by atoms with Crippen LogP contribution < -0.4 is 5.32 Å². The molecule has 0 saturated heterocycles. The number of nitrogens with one attached hydrogen (secondary N) is 1. The first-order chi connectivity index (χ1) is 9.34. The maximum atomic E-state index is 11.8. The summed E-state index contributed by atoms with van der Waals surface area (Å²) in [5, 5.41) is 5.66. The molecule has 0 aliphatic heterocycles. The Bertz CT molecular complexity index is 704. The van der Waals surface area contributed by atoms with E-state index < -0.39 is 0 Å². The molecule has 0 aliphatic carbocycles. The van der Waals surface area contributed by atoms with E-state index in [2.05, 4.69) is 15.3 Å². The second-order valence-corrected chi connectivity index (χ2v) is 4.77. The molecule has 1 N–H and O–H groups in total. The van der Waals surface area contributed by atoms with Crippen molar-refractivity contribution in [3.8, 4) is 0 Å². The van der Waals surface area contributed by atoms with E-state index in [1.165, 1.54) is 11.3 Å². The number of carbonyl (C=O) groups excluding carboxylic acids is 1. The van der Waals surface area contributed by atoms with E-state index in [-0.39, 0.29) is 5.91 Å². The first kappa shape index (κ1) is 11.8. The molecule has 94 valence electrons. The number of nitrogens with zero attached hydrogens (tertiary/aromatic N) is 2. The van der Waals surface area contributed by atoms with Gasteiger partial charge in [-0.3, -0.25) is 9.78 Å². The first-order valence-electron chi connectivity index (χ1n) is 5.83. The molecule has 19 heavy (non-hydrogen) atoms. The van der Waals surface area contributed by atoms with Gasteiger partial charge in [-0.15, -0.1) is 11.3 Å². The van der Waals surface area contributed by atoms with Crippen molar-refractivity contribution in [2.24, 2.45) is 0 Å². The molecule has 5 heteroatoms. The number of carbonyl (C=O) groups is 1. The number of aromatic nitrogens is 2. The Morgan fingerprint density at radius 3 is 2.95 bits per heavy atom. The lowest BCUT2D eigenvalue weighted by Crippen LogP contribution is -2.23. The fraction of sp³-hybridized carbons (Fsp3) is 0.0714. The molecule has 3 rings (SSSR count). The van der Waals surface area contributed by atoms with Crippen LogP contribution in [0.2, 0.25) is 0 Å². The molecule has 3 aromatic rings. The van der Waals surface area contributed by atoms with Crippen molar-refractivity contribution < 1.29 is 4.79 Å². The molecule has 0 atom stereocenters. The van der Waals surface area contributed by atoms with Gasteiger partial charge in [0.25, 0.3) is 5.91 Å². The maximum Gasteiger partial charge on any atom is 0.271 e. The van der Waals surface area contributed by atoms with Gasteiger partial charge in [0.1, 0.15) is 5.69 Å². The third-order valence-electron chi connectivity index (χ3n) is 2.82. The van der Waals surface area contributed by atoms with Crippen LogP contribution in [0.4, 0.5) is 0 Å². The summed E-state index contributed by atoms with van der Waals surface area (Å²) in [4.78, 5) is 20.2. The van der Waals surface area contributed by atoms with Gasteiger partial charge in [0, 0.05) is 23.5 Å². The van der Waals surface area contributed by atoms with Gasteiger partial charge in [-0.05, 0) is 11.6 Å². The number of hydrogen-bond donors (Lipinski definition) is 1. The van der Waals surface area contributed by atoms with Crippen molar-refractivity contribution in [2.75, 3.05) is 0 Å². The fourth-order valence-electron chi connectivity index (χ4n) is 1.90. The maximum absolute atomic E-state index is 11.8. The molecule has 2 aromatic heterocycles. The van der Waals surface area contributed by atoms with Gasteiger partial charge >= 0.3 is 0 Å². The highest BCUT2D eigenvalue weighted by molar-refractivity contribution is 7.07. The van der Waals surface area contributed by atoms with Crippen LogP contribution in [-0.4, -0.2) is 15.9 Å². The number of para-hydroxylation sites is 1. The fourth-order valence-corrected chi connectivity index (χ4v) is 2.43. The number of rotatable bonds is 3. The largest absolute Gasteiger partial charge is 0.347 e. The van der Waals surface area contributed by atoms with E-state index in [9.17, 15) is 4.79 Å². The Morgan fingerprint density at radius 1 is 1.21 bits per heavy atom. The zero-order chi connectivity index (χ0) is 13.1. The number of benzene rings is 1. The van der Waals surface area contributed by atoms with Crippen molar-refractivity contribution >= 4 is 28.1 Å². The van der Waals surface area contributed by atoms with Crippen molar-refractivity contribution in [1.29, 1.82) is 0 Å². The van der Waals surface area contributed by atoms with E-state index in [4.69, 9.17) is 0 Å². The second kappa shape index (κ2) is 5.16. The highest BCUT2D eigenvalue weighted by atomic mass is 32.1. The number of hydrogen-bond acceptors (Lipinski definition) is 4. The molecule has 0 saturated carbocycles. The smallest absolute Gasteiger partial charge is 0.271 e. The number of fused-ring (bicyclic) bond motifs is 1. The minimum Gasteiger partial charge on any atom is -0.347 e. The number of pyridine rings is 1. The van der Waals surface area contributed by atoms with Gasteiger partial charge < -0.3 is 5.32 Å². The summed E-state index contributed by atoms with van der Waals surface area (Å²) in [5.74, 6) is -0.158. The summed E-state index contributed by atoms with van der Waals surface area (Å²) in [7, 11) is 0. The topological polar surface area (TPSA) is 54.9 Å². The summed E-state index contributed by atoms with van der Waals surface area (Å²) >= 11 is 1.41. The Labute approximate surface area is 114 Å². The molecule has 4 nitrogen and oxygen atoms in total. The third-order valence-corrected chi connectivity index (χ3v) is 3.41. The third kappa shape index (κ3) is 2.46. The van der Waals surface area contributed by atoms with Gasteiger partial charge in [0.15, 0.2) is 0 Å². The number of thiazole rings is 1. The average molecular weight is 269 g/mol. The SMILES string of the molecule is O=C(NCc1cccc2cccnc12)c1cscn1. The first-order valence-corrected chi connectivity index (χ1v) is 6.78. The molecule has 0 radical (unpaired) electrons. The lowest BCUT2D eigenvalue weighted by Gasteiger charge is -2.06. The Morgan fingerprint density at radius 2 is 2.11 bits per heavy atom. The van der Waals surface area contributed by atoms with Gasteiger partial charge in [0.05, 0.1) is 11.0 Å². The van der Waals surface area contributed by atoms with Gasteiger partial charge in [-0.2, -0.15) is 0 Å². The highest BCUT2D eigenvalue weighted by Gasteiger charge is 2.08. The molecular weight excluding hydrogens is 258 g/mol. The minimum atomic E-state index is -0.158. The van der Waals surface area contributed by atoms with Crippen LogP contribution in [0.15, 0.2) is 47.4 Å². The van der Waals surface area contributed by atoms with E-state index in [1.54, 1.807) is 17.1 Å². The summed E-state index contributed by atoms with van der Waals surface area (Å²) in [5.41, 5.74) is 4.03. The van der Waals surface area contributed by atoms with E-state index in [1.807, 2.05) is 30.3 Å².